The second-order valence-corrected chi connectivity index (χ2v) is 6.68. The lowest BCUT2D eigenvalue weighted by Gasteiger charge is -2.26. The van der Waals surface area contributed by atoms with E-state index in [-0.39, 0.29) is 6.03 Å². The van der Waals surface area contributed by atoms with Crippen LogP contribution in [0, 0.1) is 6.92 Å². The first kappa shape index (κ1) is 17.6. The molecule has 1 fully saturated rings. The summed E-state index contributed by atoms with van der Waals surface area (Å²) >= 11 is 1.56. The maximum absolute atomic E-state index is 12.0. The van der Waals surface area contributed by atoms with Crippen molar-refractivity contribution in [2.45, 2.75) is 20.0 Å². The normalized spacial score (nSPS) is 14.4. The van der Waals surface area contributed by atoms with E-state index in [4.69, 9.17) is 9.47 Å². The fourth-order valence-corrected chi connectivity index (χ4v) is 3.13. The first-order chi connectivity index (χ1) is 12.2. The Balaban J connectivity index is 1.39. The number of amides is 2. The third-order valence-corrected chi connectivity index (χ3v) is 4.67. The maximum Gasteiger partial charge on any atom is 0.317 e. The van der Waals surface area contributed by atoms with Gasteiger partial charge in [0.25, 0.3) is 0 Å². The average molecular weight is 362 g/mol. The van der Waals surface area contributed by atoms with E-state index in [9.17, 15) is 4.79 Å². The number of carbonyl (C=O) groups excluding carboxylic acids is 1. The van der Waals surface area contributed by atoms with Crippen LogP contribution in [0.25, 0.3) is 0 Å². The van der Waals surface area contributed by atoms with E-state index in [0.29, 0.717) is 45.9 Å². The maximum atomic E-state index is 12.0. The van der Waals surface area contributed by atoms with Crippen molar-refractivity contribution in [3.8, 4) is 5.75 Å². The van der Waals surface area contributed by atoms with Crippen LogP contribution in [-0.4, -0.2) is 53.7 Å². The van der Waals surface area contributed by atoms with Crippen LogP contribution in [0.2, 0.25) is 0 Å². The molecule has 0 aromatic carbocycles. The summed E-state index contributed by atoms with van der Waals surface area (Å²) < 4.78 is 10.9. The molecule has 1 aliphatic heterocycles. The Labute approximate surface area is 151 Å². The van der Waals surface area contributed by atoms with Gasteiger partial charge in [0.15, 0.2) is 0 Å². The zero-order valence-corrected chi connectivity index (χ0v) is 15.1. The van der Waals surface area contributed by atoms with Crippen LogP contribution in [0.4, 0.5) is 4.79 Å². The summed E-state index contributed by atoms with van der Waals surface area (Å²) in [5.41, 5.74) is 1.93. The van der Waals surface area contributed by atoms with Crippen LogP contribution in [0.1, 0.15) is 16.4 Å². The van der Waals surface area contributed by atoms with Gasteiger partial charge in [0.1, 0.15) is 17.4 Å². The molecule has 1 saturated heterocycles. The van der Waals surface area contributed by atoms with Crippen molar-refractivity contribution in [1.82, 2.24) is 20.2 Å². The van der Waals surface area contributed by atoms with Gasteiger partial charge in [-0.15, -0.1) is 11.3 Å². The number of hydrogen-bond donors (Lipinski definition) is 1. The van der Waals surface area contributed by atoms with Crippen LogP contribution in [0.3, 0.4) is 0 Å². The zero-order valence-electron chi connectivity index (χ0n) is 14.2. The Kier molecular flexibility index (Phi) is 6.19. The molecule has 2 aromatic rings. The van der Waals surface area contributed by atoms with Crippen LogP contribution >= 0.6 is 11.3 Å². The Bertz CT molecular complexity index is 683. The molecule has 1 aliphatic rings. The van der Waals surface area contributed by atoms with Crippen LogP contribution < -0.4 is 10.1 Å². The third kappa shape index (κ3) is 5.40. The Morgan fingerprint density at radius 3 is 3.00 bits per heavy atom. The standard InChI is InChI=1S/C17H22N4O3S/c1-13-2-3-15(10-19-13)24-11-16-20-14(12-25-16)4-5-18-17(22)21-6-8-23-9-7-21/h2-3,10,12H,4-9,11H2,1H3,(H,18,22). The minimum Gasteiger partial charge on any atom is -0.485 e. The molecule has 0 radical (unpaired) electrons. The molecule has 0 atom stereocenters. The van der Waals surface area contributed by atoms with Crippen molar-refractivity contribution >= 4 is 17.4 Å². The Morgan fingerprint density at radius 1 is 1.40 bits per heavy atom. The largest absolute Gasteiger partial charge is 0.485 e. The van der Waals surface area contributed by atoms with Crippen molar-refractivity contribution in [1.29, 1.82) is 0 Å². The minimum atomic E-state index is -0.0334. The highest BCUT2D eigenvalue weighted by Gasteiger charge is 2.16. The molecule has 7 nitrogen and oxygen atoms in total. The summed E-state index contributed by atoms with van der Waals surface area (Å²) in [5, 5.41) is 5.85. The topological polar surface area (TPSA) is 76.6 Å². The van der Waals surface area contributed by atoms with Crippen molar-refractivity contribution in [3.05, 3.63) is 40.1 Å². The number of rotatable bonds is 6. The van der Waals surface area contributed by atoms with Gasteiger partial charge < -0.3 is 19.7 Å². The van der Waals surface area contributed by atoms with E-state index in [1.165, 1.54) is 0 Å². The van der Waals surface area contributed by atoms with Gasteiger partial charge in [0.05, 0.1) is 25.1 Å². The van der Waals surface area contributed by atoms with Crippen LogP contribution in [0.15, 0.2) is 23.7 Å². The lowest BCUT2D eigenvalue weighted by Crippen LogP contribution is -2.46. The van der Waals surface area contributed by atoms with Crippen molar-refractivity contribution in [3.63, 3.8) is 0 Å². The molecule has 3 heterocycles. The lowest BCUT2D eigenvalue weighted by molar-refractivity contribution is 0.0533. The molecular weight excluding hydrogens is 340 g/mol. The quantitative estimate of drug-likeness (QED) is 0.851. The number of morpholine rings is 1. The summed E-state index contributed by atoms with van der Waals surface area (Å²) in [6.07, 6.45) is 2.42. The number of urea groups is 1. The second-order valence-electron chi connectivity index (χ2n) is 5.74. The number of hydrogen-bond acceptors (Lipinski definition) is 6. The lowest BCUT2D eigenvalue weighted by atomic mass is 10.3. The molecule has 1 N–H and O–H groups in total. The van der Waals surface area contributed by atoms with E-state index in [2.05, 4.69) is 15.3 Å². The highest BCUT2D eigenvalue weighted by molar-refractivity contribution is 7.09. The van der Waals surface area contributed by atoms with E-state index >= 15 is 0 Å². The number of nitrogens with zero attached hydrogens (tertiary/aromatic N) is 3. The van der Waals surface area contributed by atoms with Gasteiger partial charge in [-0.2, -0.15) is 0 Å². The number of pyridine rings is 1. The molecule has 134 valence electrons. The Morgan fingerprint density at radius 2 is 2.24 bits per heavy atom. The Hall–Kier alpha value is -2.19. The van der Waals surface area contributed by atoms with E-state index in [1.54, 1.807) is 22.4 Å². The second kappa shape index (κ2) is 8.77. The zero-order chi connectivity index (χ0) is 17.5. The highest BCUT2D eigenvalue weighted by atomic mass is 32.1. The molecule has 2 aromatic heterocycles. The molecule has 0 aliphatic carbocycles. The molecule has 0 bridgehead atoms. The summed E-state index contributed by atoms with van der Waals surface area (Å²) in [6.45, 7) is 5.46. The number of nitrogens with one attached hydrogen (secondary N) is 1. The number of aryl methyl sites for hydroxylation is 1. The van der Waals surface area contributed by atoms with Crippen molar-refractivity contribution < 1.29 is 14.3 Å². The first-order valence-electron chi connectivity index (χ1n) is 8.30. The molecule has 3 rings (SSSR count). The molecular formula is C17H22N4O3S. The summed E-state index contributed by atoms with van der Waals surface area (Å²) in [5.74, 6) is 0.736. The number of carbonyl (C=O) groups is 1. The van der Waals surface area contributed by atoms with Gasteiger partial charge in [0.2, 0.25) is 0 Å². The molecule has 2 amide bonds. The predicted octanol–water partition coefficient (Wildman–Crippen LogP) is 2.01. The number of ether oxygens (including phenoxy) is 2. The first-order valence-corrected chi connectivity index (χ1v) is 9.18. The number of thiazole rings is 1. The van der Waals surface area contributed by atoms with Gasteiger partial charge in [-0.05, 0) is 19.1 Å². The summed E-state index contributed by atoms with van der Waals surface area (Å²) in [6, 6.07) is 3.78. The van der Waals surface area contributed by atoms with E-state index in [1.807, 2.05) is 24.4 Å². The third-order valence-electron chi connectivity index (χ3n) is 3.80. The van der Waals surface area contributed by atoms with Gasteiger partial charge in [-0.3, -0.25) is 4.98 Å². The average Bonchev–Trinajstić information content (AvgIpc) is 3.10. The fraction of sp³-hybridized carbons (Fsp3) is 0.471. The highest BCUT2D eigenvalue weighted by Crippen LogP contribution is 2.15. The minimum absolute atomic E-state index is 0.0334. The SMILES string of the molecule is Cc1ccc(OCc2nc(CCNC(=O)N3CCOCC3)cs2)cn1. The van der Waals surface area contributed by atoms with Gasteiger partial charge in [0, 0.05) is 37.1 Å². The van der Waals surface area contributed by atoms with Crippen molar-refractivity contribution in [2.75, 3.05) is 32.8 Å². The van der Waals surface area contributed by atoms with Gasteiger partial charge in [-0.1, -0.05) is 0 Å². The predicted molar refractivity (Wildman–Crippen MR) is 94.9 cm³/mol. The van der Waals surface area contributed by atoms with Crippen LogP contribution in [0.5, 0.6) is 5.75 Å². The smallest absolute Gasteiger partial charge is 0.317 e. The fourth-order valence-electron chi connectivity index (χ4n) is 2.39. The van der Waals surface area contributed by atoms with E-state index in [0.717, 1.165) is 22.1 Å². The summed E-state index contributed by atoms with van der Waals surface area (Å²) in [4.78, 5) is 22.5. The monoisotopic (exact) mass is 362 g/mol. The van der Waals surface area contributed by atoms with Crippen LogP contribution in [-0.2, 0) is 17.8 Å². The van der Waals surface area contributed by atoms with E-state index < -0.39 is 0 Å². The molecule has 25 heavy (non-hydrogen) atoms. The van der Waals surface area contributed by atoms with Gasteiger partial charge >= 0.3 is 6.03 Å². The molecule has 0 unspecified atom stereocenters. The van der Waals surface area contributed by atoms with Gasteiger partial charge in [-0.25, -0.2) is 9.78 Å². The van der Waals surface area contributed by atoms with Crippen molar-refractivity contribution in [2.24, 2.45) is 0 Å². The molecule has 8 heteroatoms. The molecule has 0 spiro atoms. The summed E-state index contributed by atoms with van der Waals surface area (Å²) in [7, 11) is 0. The molecule has 0 saturated carbocycles. The number of aromatic nitrogens is 2.